The molecule has 0 aliphatic heterocycles. The van der Waals surface area contributed by atoms with Gasteiger partial charge in [-0.3, -0.25) is 4.79 Å². The topological polar surface area (TPSA) is 106 Å². The molecule has 0 saturated carbocycles. The lowest BCUT2D eigenvalue weighted by Crippen LogP contribution is -2.27. The lowest BCUT2D eigenvalue weighted by molar-refractivity contribution is 0.0943. The number of hydrogen-bond donors (Lipinski definition) is 2. The molecule has 0 unspecified atom stereocenters. The van der Waals surface area contributed by atoms with Gasteiger partial charge in [0.1, 0.15) is 12.1 Å². The molecule has 0 bridgehead atoms. The molecule has 0 aliphatic rings. The summed E-state index contributed by atoms with van der Waals surface area (Å²) < 4.78 is 6.43. The number of phenolic OH excluding ortho intramolecular Hbond substituents is 1. The van der Waals surface area contributed by atoms with E-state index >= 15 is 0 Å². The third-order valence-electron chi connectivity index (χ3n) is 3.80. The van der Waals surface area contributed by atoms with E-state index in [1.165, 1.54) is 23.1 Å². The summed E-state index contributed by atoms with van der Waals surface area (Å²) in [5.41, 5.74) is 2.25. The number of benzene rings is 1. The Kier molecular flexibility index (Phi) is 5.15. The summed E-state index contributed by atoms with van der Waals surface area (Å²) in [5, 5.41) is 20.5. The molecule has 3 rings (SSSR count). The quantitative estimate of drug-likeness (QED) is 0.687. The zero-order chi connectivity index (χ0) is 18.8. The van der Waals surface area contributed by atoms with Crippen LogP contribution < -0.4 is 5.32 Å². The fourth-order valence-corrected chi connectivity index (χ4v) is 2.89. The molecule has 10 heteroatoms. The smallest absolute Gasteiger partial charge is 0.290 e. The number of halogens is 2. The van der Waals surface area contributed by atoms with E-state index < -0.39 is 5.91 Å². The fraction of sp³-hybridized carbons (Fsp3) is 0.250. The van der Waals surface area contributed by atoms with Gasteiger partial charge in [-0.15, -0.1) is 5.10 Å². The van der Waals surface area contributed by atoms with Crippen molar-refractivity contribution < 1.29 is 14.4 Å². The standard InChI is InChI=1S/C16H15Cl2N5O3/c1-8-11(9(2)26-22-8)3-4-19-16(25)15-20-7-23(21-15)10-5-12(17)14(24)13(18)6-10/h5-7,24H,3-4H2,1-2H3,(H,19,25). The van der Waals surface area contributed by atoms with Gasteiger partial charge in [-0.1, -0.05) is 28.4 Å². The summed E-state index contributed by atoms with van der Waals surface area (Å²) in [5.74, 6) is 0.116. The maximum absolute atomic E-state index is 12.2. The van der Waals surface area contributed by atoms with Gasteiger partial charge in [-0.25, -0.2) is 9.67 Å². The van der Waals surface area contributed by atoms with Crippen LogP contribution in [-0.4, -0.2) is 37.5 Å². The molecule has 1 amide bonds. The normalized spacial score (nSPS) is 10.9. The molecule has 0 radical (unpaired) electrons. The Morgan fingerprint density at radius 3 is 2.62 bits per heavy atom. The predicted molar refractivity (Wildman–Crippen MR) is 95.1 cm³/mol. The molecule has 0 fully saturated rings. The molecular formula is C16H15Cl2N5O3. The Bertz CT molecular complexity index is 924. The first-order chi connectivity index (χ1) is 12.4. The van der Waals surface area contributed by atoms with Crippen molar-refractivity contribution in [2.24, 2.45) is 0 Å². The number of carbonyl (C=O) groups excluding carboxylic acids is 1. The number of aromatic nitrogens is 4. The lowest BCUT2D eigenvalue weighted by atomic mass is 10.1. The number of carbonyl (C=O) groups is 1. The van der Waals surface area contributed by atoms with Gasteiger partial charge in [0.15, 0.2) is 5.75 Å². The maximum Gasteiger partial charge on any atom is 0.290 e. The van der Waals surface area contributed by atoms with E-state index in [4.69, 9.17) is 27.7 Å². The Balaban J connectivity index is 1.67. The van der Waals surface area contributed by atoms with Crippen LogP contribution >= 0.6 is 23.2 Å². The van der Waals surface area contributed by atoms with Crippen LogP contribution in [0.15, 0.2) is 23.0 Å². The number of nitrogens with one attached hydrogen (secondary N) is 1. The van der Waals surface area contributed by atoms with E-state index in [9.17, 15) is 9.90 Å². The summed E-state index contributed by atoms with van der Waals surface area (Å²) in [6.45, 7) is 4.08. The van der Waals surface area contributed by atoms with Crippen LogP contribution in [0.3, 0.4) is 0 Å². The number of rotatable bonds is 5. The second kappa shape index (κ2) is 7.35. The van der Waals surface area contributed by atoms with Crippen molar-refractivity contribution in [1.29, 1.82) is 0 Å². The zero-order valence-corrected chi connectivity index (χ0v) is 15.5. The minimum Gasteiger partial charge on any atom is -0.505 e. The molecular weight excluding hydrogens is 381 g/mol. The summed E-state index contributed by atoms with van der Waals surface area (Å²) in [6.07, 6.45) is 1.96. The minimum absolute atomic E-state index is 0.00378. The Labute approximate surface area is 158 Å². The van der Waals surface area contributed by atoms with Crippen molar-refractivity contribution in [2.45, 2.75) is 20.3 Å². The molecule has 0 saturated heterocycles. The van der Waals surface area contributed by atoms with Gasteiger partial charge >= 0.3 is 0 Å². The lowest BCUT2D eigenvalue weighted by Gasteiger charge is -2.05. The van der Waals surface area contributed by atoms with Gasteiger partial charge in [-0.05, 0) is 32.4 Å². The van der Waals surface area contributed by atoms with Crippen molar-refractivity contribution in [2.75, 3.05) is 6.54 Å². The number of amides is 1. The molecule has 3 aromatic rings. The van der Waals surface area contributed by atoms with Crippen LogP contribution in [-0.2, 0) is 6.42 Å². The summed E-state index contributed by atoms with van der Waals surface area (Å²) in [6, 6.07) is 2.94. The van der Waals surface area contributed by atoms with Gasteiger partial charge in [0.2, 0.25) is 5.82 Å². The first kappa shape index (κ1) is 18.2. The third-order valence-corrected chi connectivity index (χ3v) is 4.38. The molecule has 0 atom stereocenters. The van der Waals surface area contributed by atoms with E-state index in [1.54, 1.807) is 0 Å². The summed E-state index contributed by atoms with van der Waals surface area (Å²) in [7, 11) is 0. The summed E-state index contributed by atoms with van der Waals surface area (Å²) >= 11 is 11.8. The number of aryl methyl sites for hydroxylation is 2. The maximum atomic E-state index is 12.2. The first-order valence-electron chi connectivity index (χ1n) is 7.67. The highest BCUT2D eigenvalue weighted by Crippen LogP contribution is 2.33. The first-order valence-corrected chi connectivity index (χ1v) is 8.42. The average molecular weight is 396 g/mol. The highest BCUT2D eigenvalue weighted by Gasteiger charge is 2.15. The largest absolute Gasteiger partial charge is 0.505 e. The van der Waals surface area contributed by atoms with Crippen molar-refractivity contribution in [1.82, 2.24) is 25.2 Å². The van der Waals surface area contributed by atoms with Crippen molar-refractivity contribution in [3.05, 3.63) is 51.3 Å². The van der Waals surface area contributed by atoms with Crippen molar-refractivity contribution in [3.8, 4) is 11.4 Å². The van der Waals surface area contributed by atoms with Crippen molar-refractivity contribution in [3.63, 3.8) is 0 Å². The monoisotopic (exact) mass is 395 g/mol. The van der Waals surface area contributed by atoms with Crippen LogP contribution in [0.4, 0.5) is 0 Å². The van der Waals surface area contributed by atoms with Gasteiger partial charge in [0.05, 0.1) is 21.4 Å². The molecule has 0 spiro atoms. The molecule has 26 heavy (non-hydrogen) atoms. The highest BCUT2D eigenvalue weighted by molar-refractivity contribution is 6.37. The van der Waals surface area contributed by atoms with E-state index in [-0.39, 0.29) is 21.6 Å². The number of hydrogen-bond acceptors (Lipinski definition) is 6. The van der Waals surface area contributed by atoms with Gasteiger partial charge in [0.25, 0.3) is 5.91 Å². The van der Waals surface area contributed by atoms with E-state index in [2.05, 4.69) is 20.6 Å². The highest BCUT2D eigenvalue weighted by atomic mass is 35.5. The number of aromatic hydroxyl groups is 1. The fourth-order valence-electron chi connectivity index (χ4n) is 2.41. The van der Waals surface area contributed by atoms with Gasteiger partial charge in [0, 0.05) is 12.1 Å². The van der Waals surface area contributed by atoms with Gasteiger partial charge < -0.3 is 14.9 Å². The Hall–Kier alpha value is -2.58. The molecule has 2 heterocycles. The Morgan fingerprint density at radius 1 is 1.31 bits per heavy atom. The second-order valence-corrected chi connectivity index (χ2v) is 6.39. The molecule has 8 nitrogen and oxygen atoms in total. The zero-order valence-electron chi connectivity index (χ0n) is 14.0. The van der Waals surface area contributed by atoms with E-state index in [1.807, 2.05) is 13.8 Å². The van der Waals surface area contributed by atoms with Crippen LogP contribution in [0.25, 0.3) is 5.69 Å². The van der Waals surface area contributed by atoms with Crippen LogP contribution in [0, 0.1) is 13.8 Å². The number of nitrogens with zero attached hydrogens (tertiary/aromatic N) is 4. The van der Waals surface area contributed by atoms with E-state index in [0.717, 1.165) is 17.0 Å². The summed E-state index contributed by atoms with van der Waals surface area (Å²) in [4.78, 5) is 16.2. The molecule has 2 aromatic heterocycles. The second-order valence-electron chi connectivity index (χ2n) is 5.58. The molecule has 136 valence electrons. The van der Waals surface area contributed by atoms with Gasteiger partial charge in [-0.2, -0.15) is 0 Å². The predicted octanol–water partition coefficient (Wildman–Crippen LogP) is 2.86. The van der Waals surface area contributed by atoms with Crippen LogP contribution in [0.1, 0.15) is 27.6 Å². The SMILES string of the molecule is Cc1noc(C)c1CCNC(=O)c1ncn(-c2cc(Cl)c(O)c(Cl)c2)n1. The minimum atomic E-state index is -0.411. The molecule has 0 aliphatic carbocycles. The molecule has 2 N–H and O–H groups in total. The molecule has 1 aromatic carbocycles. The average Bonchev–Trinajstić information content (AvgIpc) is 3.21. The van der Waals surface area contributed by atoms with Crippen LogP contribution in [0.5, 0.6) is 5.75 Å². The Morgan fingerprint density at radius 2 is 2.00 bits per heavy atom. The number of phenols is 1. The van der Waals surface area contributed by atoms with E-state index in [0.29, 0.717) is 18.7 Å². The van der Waals surface area contributed by atoms with Crippen molar-refractivity contribution >= 4 is 29.1 Å². The third kappa shape index (κ3) is 3.66. The van der Waals surface area contributed by atoms with Crippen LogP contribution in [0.2, 0.25) is 10.0 Å².